The van der Waals surface area contributed by atoms with Gasteiger partial charge in [0.25, 0.3) is 11.1 Å². The molecule has 0 saturated heterocycles. The maximum atomic E-state index is 13.3. The monoisotopic (exact) mass is 1030 g/mol. The number of fused-ring (bicyclic) bond motifs is 2. The van der Waals surface area contributed by atoms with Gasteiger partial charge >= 0.3 is 23.7 Å². The molecule has 65 heavy (non-hydrogen) atoms. The highest BCUT2D eigenvalue weighted by atomic mass is 79.9. The van der Waals surface area contributed by atoms with Crippen LogP contribution in [0.2, 0.25) is 0 Å². The number of benzene rings is 4. The molecule has 8 aromatic rings. The van der Waals surface area contributed by atoms with E-state index < -0.39 is 46.0 Å². The van der Waals surface area contributed by atoms with Gasteiger partial charge in [-0.3, -0.25) is 37.0 Å². The Labute approximate surface area is 380 Å². The molecule has 0 unspecified atom stereocenters. The van der Waals surface area contributed by atoms with Gasteiger partial charge in [0.2, 0.25) is 11.9 Å². The van der Waals surface area contributed by atoms with Crippen LogP contribution >= 0.6 is 31.9 Å². The Hall–Kier alpha value is -6.68. The van der Waals surface area contributed by atoms with E-state index in [-0.39, 0.29) is 58.7 Å². The van der Waals surface area contributed by atoms with Crippen LogP contribution in [0.15, 0.2) is 125 Å². The highest BCUT2D eigenvalue weighted by molar-refractivity contribution is 9.10. The third-order valence-corrected chi connectivity index (χ3v) is 11.4. The minimum Gasteiger partial charge on any atom is -0.326 e. The molecule has 0 aliphatic heterocycles. The molecule has 4 aromatic carbocycles. The summed E-state index contributed by atoms with van der Waals surface area (Å²) in [7, 11) is 7.27. The lowest BCUT2D eigenvalue weighted by molar-refractivity contribution is -0.138. The lowest BCUT2D eigenvalue weighted by Crippen LogP contribution is -2.37. The summed E-state index contributed by atoms with van der Waals surface area (Å²) in [6.07, 6.45) is -9.01. The van der Waals surface area contributed by atoms with E-state index in [1.807, 2.05) is 48.5 Å². The van der Waals surface area contributed by atoms with Crippen molar-refractivity contribution in [2.24, 2.45) is 28.2 Å². The van der Waals surface area contributed by atoms with Gasteiger partial charge in [0.1, 0.15) is 0 Å². The molecule has 4 aromatic heterocycles. The fourth-order valence-electron chi connectivity index (χ4n) is 7.08. The second-order valence-corrected chi connectivity index (χ2v) is 16.7. The van der Waals surface area contributed by atoms with E-state index in [2.05, 4.69) is 47.1 Å². The first-order chi connectivity index (χ1) is 30.5. The molecule has 0 saturated carbocycles. The average Bonchev–Trinajstić information content (AvgIpc) is 3.81. The molecule has 0 atom stereocenters. The largest absolute Gasteiger partial charge is 0.416 e. The molecule has 338 valence electrons. The summed E-state index contributed by atoms with van der Waals surface area (Å²) in [4.78, 5) is 61.2. The van der Waals surface area contributed by atoms with E-state index in [9.17, 15) is 45.5 Å². The molecular formula is C43H36Br2F6N10O4. The van der Waals surface area contributed by atoms with E-state index in [1.54, 1.807) is 16.2 Å². The number of nitrogens with one attached hydrogen (secondary N) is 1. The van der Waals surface area contributed by atoms with Crippen molar-refractivity contribution in [1.29, 1.82) is 0 Å². The zero-order valence-electron chi connectivity index (χ0n) is 34.8. The minimum absolute atomic E-state index is 0.127. The van der Waals surface area contributed by atoms with Gasteiger partial charge in [-0.2, -0.15) is 36.3 Å². The second-order valence-electron chi connectivity index (χ2n) is 14.8. The van der Waals surface area contributed by atoms with E-state index in [1.165, 1.54) is 66.5 Å². The van der Waals surface area contributed by atoms with Crippen LogP contribution in [-0.4, -0.2) is 44.4 Å². The fraction of sp³-hybridized carbons (Fsp3) is 0.209. The molecule has 0 aliphatic rings. The molecule has 1 N–H and O–H groups in total. The predicted molar refractivity (Wildman–Crippen MR) is 241 cm³/mol. The number of anilines is 4. The van der Waals surface area contributed by atoms with Gasteiger partial charge < -0.3 is 10.2 Å². The highest BCUT2D eigenvalue weighted by Crippen LogP contribution is 2.35. The summed E-state index contributed by atoms with van der Waals surface area (Å²) in [5.41, 5.74) is -1.18. The summed E-state index contributed by atoms with van der Waals surface area (Å²) < 4.78 is 88.5. The van der Waals surface area contributed by atoms with Crippen LogP contribution in [0.1, 0.15) is 22.3 Å². The van der Waals surface area contributed by atoms with E-state index in [0.717, 1.165) is 53.5 Å². The van der Waals surface area contributed by atoms with E-state index in [4.69, 9.17) is 0 Å². The fourth-order valence-corrected chi connectivity index (χ4v) is 7.97. The molecule has 0 bridgehead atoms. The molecule has 0 spiro atoms. The van der Waals surface area contributed by atoms with Crippen molar-refractivity contribution in [2.45, 2.75) is 25.4 Å². The molecule has 0 aliphatic carbocycles. The summed E-state index contributed by atoms with van der Waals surface area (Å²) in [5, 5.41) is 2.88. The molecular weight excluding hydrogens is 994 g/mol. The quantitative estimate of drug-likeness (QED) is 0.151. The number of alkyl halides is 6. The van der Waals surface area contributed by atoms with Crippen molar-refractivity contribution < 1.29 is 26.3 Å². The lowest BCUT2D eigenvalue weighted by Gasteiger charge is -2.21. The molecule has 22 heteroatoms. The Morgan fingerprint density at radius 3 is 1.57 bits per heavy atom. The predicted octanol–water partition coefficient (Wildman–Crippen LogP) is 8.04. The molecule has 0 radical (unpaired) electrons. The number of aryl methyl sites for hydroxylation is 2. The van der Waals surface area contributed by atoms with Crippen LogP contribution in [0.4, 0.5) is 49.6 Å². The number of nitrogens with zero attached hydrogens (tertiary/aromatic N) is 9. The Balaban J connectivity index is 0.000000194. The lowest BCUT2D eigenvalue weighted by atomic mass is 10.2. The number of imidazole rings is 2. The Morgan fingerprint density at radius 2 is 1.05 bits per heavy atom. The number of halogens is 8. The van der Waals surface area contributed by atoms with Crippen LogP contribution in [0.5, 0.6) is 0 Å². The van der Waals surface area contributed by atoms with Gasteiger partial charge in [-0.25, -0.2) is 9.59 Å². The Bertz CT molecular complexity index is 3390. The third kappa shape index (κ3) is 9.30. The van der Waals surface area contributed by atoms with Gasteiger partial charge in [-0.15, -0.1) is 0 Å². The summed E-state index contributed by atoms with van der Waals surface area (Å²) in [6, 6.07) is 24.3. The molecule has 0 amide bonds. The van der Waals surface area contributed by atoms with Crippen LogP contribution in [-0.2, 0) is 53.6 Å². The summed E-state index contributed by atoms with van der Waals surface area (Å²) in [5.74, 6) is 0.361. The van der Waals surface area contributed by atoms with Gasteiger partial charge in [0, 0.05) is 55.6 Å². The Morgan fingerprint density at radius 1 is 0.585 bits per heavy atom. The summed E-state index contributed by atoms with van der Waals surface area (Å²) >= 11 is 6.82. The minimum atomic E-state index is -4.51. The van der Waals surface area contributed by atoms with Crippen molar-refractivity contribution in [1.82, 2.24) is 37.4 Å². The van der Waals surface area contributed by atoms with Crippen molar-refractivity contribution in [3.8, 4) is 0 Å². The van der Waals surface area contributed by atoms with Crippen LogP contribution in [0, 0.1) is 0 Å². The Kier molecular flexibility index (Phi) is 12.6. The number of hydrogen-bond donors (Lipinski definition) is 1. The standard InChI is InChI=1S/C22H19BrF3N5O2.C21H17BrF3N5O2/c1-28(16-9-5-7-14(11-16)22(24,25)26)20-27-18-17(19(32)30(3)21(33)29(18)2)31(20)12-13-6-4-8-15(23)10-13;1-28-17-16(18(31)29(2)20(28)32)30(11-12-5-3-7-14(22)9-12)19(27-17)26-15-8-4-6-13(10-15)21(23,24)25/h4-11H,12H2,1-3H3;3-10H,11H2,1-2H3,(H,26,27). The SMILES string of the molecule is CN(c1cccc(C(F)(F)F)c1)c1nc2c(c(=O)n(C)c(=O)n2C)n1Cc1cccc(Br)c1.Cn1c(=O)c2c(nc(Nc3cccc(C(F)(F)F)c3)n2Cc2cccc(Br)c2)n(C)c1=O. The zero-order valence-corrected chi connectivity index (χ0v) is 38.0. The number of hydrogen-bond acceptors (Lipinski definition) is 8. The average molecular weight is 1030 g/mol. The third-order valence-electron chi connectivity index (χ3n) is 10.4. The van der Waals surface area contributed by atoms with E-state index >= 15 is 0 Å². The van der Waals surface area contributed by atoms with Gasteiger partial charge in [0.05, 0.1) is 24.2 Å². The normalized spacial score (nSPS) is 11.8. The molecule has 8 rings (SSSR count). The van der Waals surface area contributed by atoms with Crippen molar-refractivity contribution in [2.75, 3.05) is 17.3 Å². The van der Waals surface area contributed by atoms with Crippen molar-refractivity contribution in [3.63, 3.8) is 0 Å². The smallest absolute Gasteiger partial charge is 0.326 e. The first-order valence-corrected chi connectivity index (χ1v) is 20.8. The van der Waals surface area contributed by atoms with Crippen LogP contribution in [0.3, 0.4) is 0 Å². The first-order valence-electron chi connectivity index (χ1n) is 19.2. The maximum absolute atomic E-state index is 13.3. The highest BCUT2D eigenvalue weighted by Gasteiger charge is 2.32. The van der Waals surface area contributed by atoms with Crippen molar-refractivity contribution in [3.05, 3.63) is 170 Å². The topological polar surface area (TPSA) is 139 Å². The molecule has 4 heterocycles. The molecule has 0 fully saturated rings. The van der Waals surface area contributed by atoms with Crippen LogP contribution < -0.4 is 32.7 Å². The van der Waals surface area contributed by atoms with Crippen molar-refractivity contribution >= 4 is 77.5 Å². The number of rotatable bonds is 8. The molecule has 14 nitrogen and oxygen atoms in total. The zero-order chi connectivity index (χ0) is 47.3. The second kappa shape index (κ2) is 17.7. The van der Waals surface area contributed by atoms with E-state index in [0.29, 0.717) is 0 Å². The van der Waals surface area contributed by atoms with Crippen LogP contribution in [0.25, 0.3) is 22.3 Å². The summed E-state index contributed by atoms with van der Waals surface area (Å²) in [6.45, 7) is 0.409. The van der Waals surface area contributed by atoms with Gasteiger partial charge in [-0.05, 0) is 71.8 Å². The maximum Gasteiger partial charge on any atom is 0.416 e. The number of aromatic nitrogens is 8. The first kappa shape index (κ1) is 46.3. The van der Waals surface area contributed by atoms with Gasteiger partial charge in [0.15, 0.2) is 22.3 Å². The van der Waals surface area contributed by atoms with Gasteiger partial charge in [-0.1, -0.05) is 68.3 Å².